The van der Waals surface area contributed by atoms with Crippen LogP contribution in [0.25, 0.3) is 0 Å². The van der Waals surface area contributed by atoms with Gasteiger partial charge in [0.05, 0.1) is 17.3 Å². The van der Waals surface area contributed by atoms with Crippen LogP contribution in [-0.2, 0) is 0 Å². The van der Waals surface area contributed by atoms with E-state index in [1.807, 2.05) is 13.0 Å². The molecule has 16 heavy (non-hydrogen) atoms. The molecular weight excluding hydrogens is 246 g/mol. The Labute approximate surface area is 101 Å². The van der Waals surface area contributed by atoms with Crippen LogP contribution in [0.1, 0.15) is 11.3 Å². The summed E-state index contributed by atoms with van der Waals surface area (Å²) in [5.41, 5.74) is 1.26. The van der Waals surface area contributed by atoms with E-state index >= 15 is 0 Å². The van der Waals surface area contributed by atoms with Crippen molar-refractivity contribution in [2.75, 3.05) is 0 Å². The fourth-order valence-corrected chi connectivity index (χ4v) is 2.11. The summed E-state index contributed by atoms with van der Waals surface area (Å²) in [6.07, 6.45) is 1.55. The first-order valence-corrected chi connectivity index (χ1v) is 5.54. The fraction of sp³-hybridized carbons (Fsp3) is 0.100. The lowest BCUT2D eigenvalue weighted by atomic mass is 10.3. The minimum absolute atomic E-state index is 0.282. The highest BCUT2D eigenvalue weighted by Crippen LogP contribution is 2.27. The van der Waals surface area contributed by atoms with Gasteiger partial charge in [0.25, 0.3) is 5.22 Å². The molecule has 2 heterocycles. The van der Waals surface area contributed by atoms with Gasteiger partial charge in [-0.3, -0.25) is 0 Å². The van der Waals surface area contributed by atoms with Crippen molar-refractivity contribution >= 4 is 23.4 Å². The van der Waals surface area contributed by atoms with E-state index in [4.69, 9.17) is 21.3 Å². The van der Waals surface area contributed by atoms with E-state index < -0.39 is 0 Å². The Bertz CT molecular complexity index is 561. The number of pyridine rings is 1. The van der Waals surface area contributed by atoms with Crippen molar-refractivity contribution in [3.05, 3.63) is 34.8 Å². The average molecular weight is 252 g/mol. The van der Waals surface area contributed by atoms with E-state index in [1.165, 1.54) is 17.8 Å². The maximum atomic E-state index is 8.77. The summed E-state index contributed by atoms with van der Waals surface area (Å²) in [4.78, 5) is 8.19. The highest BCUT2D eigenvalue weighted by Gasteiger charge is 2.07. The van der Waals surface area contributed by atoms with Crippen LogP contribution in [0.3, 0.4) is 0 Å². The van der Waals surface area contributed by atoms with E-state index in [0.717, 1.165) is 5.69 Å². The molecule has 6 heteroatoms. The van der Waals surface area contributed by atoms with Crippen molar-refractivity contribution in [3.63, 3.8) is 0 Å². The summed E-state index contributed by atoms with van der Waals surface area (Å²) in [5, 5.41) is 10.1. The molecule has 80 valence electrons. The van der Waals surface area contributed by atoms with E-state index in [9.17, 15) is 0 Å². The number of aryl methyl sites for hydroxylation is 1. The number of hydrogen-bond acceptors (Lipinski definition) is 5. The molecule has 0 N–H and O–H groups in total. The molecule has 0 spiro atoms. The number of rotatable bonds is 2. The van der Waals surface area contributed by atoms with Crippen LogP contribution in [0.15, 0.2) is 33.1 Å². The Kier molecular flexibility index (Phi) is 3.13. The van der Waals surface area contributed by atoms with Gasteiger partial charge in [0.2, 0.25) is 0 Å². The third-order valence-electron chi connectivity index (χ3n) is 1.69. The smallest absolute Gasteiger partial charge is 0.262 e. The topological polar surface area (TPSA) is 62.7 Å². The molecule has 0 atom stereocenters. The predicted octanol–water partition coefficient (Wildman–Crippen LogP) is 3.05. The summed E-state index contributed by atoms with van der Waals surface area (Å²) in [7, 11) is 0. The third-order valence-corrected chi connectivity index (χ3v) is 2.66. The normalized spacial score (nSPS) is 10.1. The number of nitriles is 1. The second-order valence-corrected chi connectivity index (χ2v) is 4.34. The quantitative estimate of drug-likeness (QED) is 0.768. The van der Waals surface area contributed by atoms with Crippen molar-refractivity contribution in [1.82, 2.24) is 9.97 Å². The summed E-state index contributed by atoms with van der Waals surface area (Å²) in [5.74, 6) is 0. The molecule has 0 unspecified atom stereocenters. The average Bonchev–Trinajstić information content (AvgIpc) is 2.63. The van der Waals surface area contributed by atoms with Gasteiger partial charge in [-0.15, -0.1) is 0 Å². The van der Waals surface area contributed by atoms with Gasteiger partial charge in [-0.05, 0) is 30.8 Å². The molecule has 4 nitrogen and oxygen atoms in total. The lowest BCUT2D eigenvalue weighted by Crippen LogP contribution is -1.84. The molecule has 0 aliphatic rings. The number of oxazole rings is 1. The van der Waals surface area contributed by atoms with Gasteiger partial charge < -0.3 is 4.42 Å². The zero-order chi connectivity index (χ0) is 11.5. The highest BCUT2D eigenvalue weighted by atomic mass is 35.5. The molecule has 0 aliphatic carbocycles. The standard InChI is InChI=1S/C10H6ClN3OS/c1-6-5-15-10(13-6)16-9-3-7(4-12)2-8(11)14-9/h2-3,5H,1H3. The number of halogens is 1. The van der Waals surface area contributed by atoms with Crippen molar-refractivity contribution in [3.8, 4) is 6.07 Å². The van der Waals surface area contributed by atoms with Gasteiger partial charge >= 0.3 is 0 Å². The summed E-state index contributed by atoms with van der Waals surface area (Å²) < 4.78 is 5.17. The molecule has 0 amide bonds. The predicted molar refractivity (Wildman–Crippen MR) is 59.3 cm³/mol. The molecule has 0 radical (unpaired) electrons. The van der Waals surface area contributed by atoms with Crippen LogP contribution in [0.2, 0.25) is 5.15 Å². The summed E-state index contributed by atoms with van der Waals surface area (Å²) >= 11 is 7.00. The maximum absolute atomic E-state index is 8.77. The van der Waals surface area contributed by atoms with Crippen LogP contribution in [-0.4, -0.2) is 9.97 Å². The minimum atomic E-state index is 0.282. The van der Waals surface area contributed by atoms with E-state index in [-0.39, 0.29) is 5.15 Å². The van der Waals surface area contributed by atoms with E-state index in [1.54, 1.807) is 12.3 Å². The highest BCUT2D eigenvalue weighted by molar-refractivity contribution is 7.99. The molecule has 0 saturated heterocycles. The van der Waals surface area contributed by atoms with Crippen LogP contribution < -0.4 is 0 Å². The molecule has 0 fully saturated rings. The molecule has 0 bridgehead atoms. The molecule has 0 aromatic carbocycles. The lowest BCUT2D eigenvalue weighted by molar-refractivity contribution is 0.454. The molecule has 2 aromatic heterocycles. The molecule has 0 aliphatic heterocycles. The molecule has 2 aromatic rings. The second kappa shape index (κ2) is 4.56. The van der Waals surface area contributed by atoms with Crippen molar-refractivity contribution in [2.45, 2.75) is 17.2 Å². The van der Waals surface area contributed by atoms with Crippen LogP contribution in [0.5, 0.6) is 0 Å². The molecule has 2 rings (SSSR count). The van der Waals surface area contributed by atoms with Crippen LogP contribution >= 0.6 is 23.4 Å². The van der Waals surface area contributed by atoms with Crippen LogP contribution in [0.4, 0.5) is 0 Å². The van der Waals surface area contributed by atoms with Gasteiger partial charge in [-0.25, -0.2) is 9.97 Å². The lowest BCUT2D eigenvalue weighted by Gasteiger charge is -1.97. The summed E-state index contributed by atoms with van der Waals surface area (Å²) in [6.45, 7) is 1.83. The van der Waals surface area contributed by atoms with E-state index in [2.05, 4.69) is 9.97 Å². The first kappa shape index (κ1) is 11.0. The zero-order valence-electron chi connectivity index (χ0n) is 8.27. The summed E-state index contributed by atoms with van der Waals surface area (Å²) in [6, 6.07) is 5.15. The Morgan fingerprint density at radius 2 is 2.25 bits per heavy atom. The van der Waals surface area contributed by atoms with Gasteiger partial charge in [-0.2, -0.15) is 5.26 Å². The Balaban J connectivity index is 2.28. The Morgan fingerprint density at radius 1 is 1.44 bits per heavy atom. The third kappa shape index (κ3) is 2.54. The largest absolute Gasteiger partial charge is 0.439 e. The maximum Gasteiger partial charge on any atom is 0.262 e. The monoisotopic (exact) mass is 251 g/mol. The number of hydrogen-bond donors (Lipinski definition) is 0. The fourth-order valence-electron chi connectivity index (χ4n) is 1.06. The number of nitrogens with zero attached hydrogens (tertiary/aromatic N) is 3. The van der Waals surface area contributed by atoms with Gasteiger partial charge in [-0.1, -0.05) is 11.6 Å². The Morgan fingerprint density at radius 3 is 2.88 bits per heavy atom. The minimum Gasteiger partial charge on any atom is -0.439 e. The SMILES string of the molecule is Cc1coc(Sc2cc(C#N)cc(Cl)n2)n1. The molecular formula is C10H6ClN3OS. The van der Waals surface area contributed by atoms with Gasteiger partial charge in [0, 0.05) is 0 Å². The second-order valence-electron chi connectivity index (χ2n) is 2.99. The van der Waals surface area contributed by atoms with Gasteiger partial charge in [0.1, 0.15) is 16.4 Å². The van der Waals surface area contributed by atoms with Crippen molar-refractivity contribution < 1.29 is 4.42 Å². The van der Waals surface area contributed by atoms with Gasteiger partial charge in [0.15, 0.2) is 0 Å². The number of aromatic nitrogens is 2. The van der Waals surface area contributed by atoms with Crippen LogP contribution in [0, 0.1) is 18.3 Å². The van der Waals surface area contributed by atoms with Crippen molar-refractivity contribution in [1.29, 1.82) is 5.26 Å². The van der Waals surface area contributed by atoms with E-state index in [0.29, 0.717) is 15.8 Å². The van der Waals surface area contributed by atoms with Crippen molar-refractivity contribution in [2.24, 2.45) is 0 Å². The Hall–Kier alpha value is -1.51. The first-order valence-electron chi connectivity index (χ1n) is 4.35. The molecule has 0 saturated carbocycles. The zero-order valence-corrected chi connectivity index (χ0v) is 9.84. The first-order chi connectivity index (χ1) is 7.67.